The number of furan rings is 1. The lowest BCUT2D eigenvalue weighted by Gasteiger charge is -2.08. The van der Waals surface area contributed by atoms with Gasteiger partial charge in [0.2, 0.25) is 0 Å². The van der Waals surface area contributed by atoms with Crippen molar-refractivity contribution in [1.82, 2.24) is 0 Å². The SMILES string of the molecule is Cc1ccc(CNc2sc3c(c2C#N)CCCCCCCCCC3)o1. The van der Waals surface area contributed by atoms with Gasteiger partial charge in [0.15, 0.2) is 0 Å². The van der Waals surface area contributed by atoms with E-state index in [0.29, 0.717) is 6.54 Å². The summed E-state index contributed by atoms with van der Waals surface area (Å²) in [5.74, 6) is 1.85. The normalized spacial score (nSPS) is 16.3. The lowest BCUT2D eigenvalue weighted by molar-refractivity contribution is 0.490. The molecule has 0 aliphatic heterocycles. The molecule has 0 atom stereocenters. The van der Waals surface area contributed by atoms with E-state index in [-0.39, 0.29) is 0 Å². The first kappa shape index (κ1) is 18.1. The Balaban J connectivity index is 1.76. The first-order valence-electron chi connectivity index (χ1n) is 9.62. The van der Waals surface area contributed by atoms with E-state index in [1.165, 1.54) is 61.8 Å². The summed E-state index contributed by atoms with van der Waals surface area (Å²) >= 11 is 1.79. The van der Waals surface area contributed by atoms with E-state index in [2.05, 4.69) is 11.4 Å². The van der Waals surface area contributed by atoms with E-state index in [0.717, 1.165) is 34.9 Å². The fourth-order valence-corrected chi connectivity index (χ4v) is 4.85. The Morgan fingerprint density at radius 2 is 1.72 bits per heavy atom. The van der Waals surface area contributed by atoms with E-state index >= 15 is 0 Å². The van der Waals surface area contributed by atoms with Gasteiger partial charge in [-0.1, -0.05) is 38.5 Å². The standard InChI is InChI=1S/C21H28N2OS/c1-16-12-13-17(24-16)15-23-21-19(14-22)18-10-8-6-4-2-3-5-7-9-11-20(18)25-21/h12-13,23H,2-11,15H2,1H3. The van der Waals surface area contributed by atoms with Crippen LogP contribution < -0.4 is 5.32 Å². The minimum Gasteiger partial charge on any atom is -0.465 e. The third-order valence-corrected chi connectivity index (χ3v) is 6.25. The molecule has 1 aliphatic rings. The summed E-state index contributed by atoms with van der Waals surface area (Å²) in [6.45, 7) is 2.60. The van der Waals surface area contributed by atoms with Gasteiger partial charge in [-0.2, -0.15) is 5.26 Å². The Morgan fingerprint density at radius 1 is 1.04 bits per heavy atom. The van der Waals surface area contributed by atoms with Crippen LogP contribution in [-0.2, 0) is 19.4 Å². The number of nitrogens with zero attached hydrogens (tertiary/aromatic N) is 1. The summed E-state index contributed by atoms with van der Waals surface area (Å²) in [6.07, 6.45) is 12.7. The van der Waals surface area contributed by atoms with E-state index in [1.54, 1.807) is 11.3 Å². The van der Waals surface area contributed by atoms with Crippen LogP contribution >= 0.6 is 11.3 Å². The smallest absolute Gasteiger partial charge is 0.123 e. The van der Waals surface area contributed by atoms with Crippen molar-refractivity contribution >= 4 is 16.3 Å². The predicted molar refractivity (Wildman–Crippen MR) is 104 cm³/mol. The van der Waals surface area contributed by atoms with Gasteiger partial charge in [-0.25, -0.2) is 0 Å². The summed E-state index contributed by atoms with van der Waals surface area (Å²) in [7, 11) is 0. The average Bonchev–Trinajstić information content (AvgIpc) is 3.16. The maximum absolute atomic E-state index is 9.75. The van der Waals surface area contributed by atoms with E-state index in [1.807, 2.05) is 19.1 Å². The summed E-state index contributed by atoms with van der Waals surface area (Å²) in [5.41, 5.74) is 2.19. The van der Waals surface area contributed by atoms with Crippen molar-refractivity contribution in [3.05, 3.63) is 39.7 Å². The van der Waals surface area contributed by atoms with Crippen LogP contribution in [0.3, 0.4) is 0 Å². The number of nitrogens with one attached hydrogen (secondary N) is 1. The fraction of sp³-hybridized carbons (Fsp3) is 0.571. The molecule has 2 aromatic heterocycles. The molecule has 2 heterocycles. The number of nitriles is 1. The second kappa shape index (κ2) is 9.10. The van der Waals surface area contributed by atoms with Crippen molar-refractivity contribution in [2.75, 3.05) is 5.32 Å². The minimum atomic E-state index is 0.641. The number of fused-ring (bicyclic) bond motifs is 1. The maximum atomic E-state index is 9.75. The van der Waals surface area contributed by atoms with Crippen LogP contribution in [0.1, 0.15) is 78.9 Å². The number of anilines is 1. The van der Waals surface area contributed by atoms with Crippen molar-refractivity contribution in [2.45, 2.75) is 77.7 Å². The topological polar surface area (TPSA) is 49.0 Å². The van der Waals surface area contributed by atoms with Crippen molar-refractivity contribution in [1.29, 1.82) is 5.26 Å². The molecule has 1 aliphatic carbocycles. The van der Waals surface area contributed by atoms with Crippen LogP contribution in [0.5, 0.6) is 0 Å². The highest BCUT2D eigenvalue weighted by atomic mass is 32.1. The first-order chi connectivity index (χ1) is 12.3. The highest BCUT2D eigenvalue weighted by Gasteiger charge is 2.18. The van der Waals surface area contributed by atoms with E-state index in [4.69, 9.17) is 4.42 Å². The number of hydrogen-bond acceptors (Lipinski definition) is 4. The van der Waals surface area contributed by atoms with Crippen LogP contribution in [-0.4, -0.2) is 0 Å². The number of rotatable bonds is 3. The number of thiophene rings is 1. The predicted octanol–water partition coefficient (Wildman–Crippen LogP) is 6.35. The molecular formula is C21H28N2OS. The Bertz CT molecular complexity index is 723. The molecule has 0 bridgehead atoms. The number of aryl methyl sites for hydroxylation is 2. The van der Waals surface area contributed by atoms with Crippen molar-refractivity contribution < 1.29 is 4.42 Å². The molecule has 1 N–H and O–H groups in total. The van der Waals surface area contributed by atoms with Crippen molar-refractivity contribution in [3.8, 4) is 6.07 Å². The van der Waals surface area contributed by atoms with Crippen molar-refractivity contribution in [3.63, 3.8) is 0 Å². The Hall–Kier alpha value is -1.73. The Kier molecular flexibility index (Phi) is 6.58. The van der Waals surface area contributed by atoms with E-state index < -0.39 is 0 Å². The lowest BCUT2D eigenvalue weighted by Crippen LogP contribution is -1.99. The van der Waals surface area contributed by atoms with Gasteiger partial charge in [-0.05, 0) is 50.3 Å². The van der Waals surface area contributed by atoms with Crippen LogP contribution in [0.4, 0.5) is 5.00 Å². The molecule has 0 aromatic carbocycles. The zero-order valence-corrected chi connectivity index (χ0v) is 16.0. The maximum Gasteiger partial charge on any atom is 0.123 e. The second-order valence-corrected chi connectivity index (χ2v) is 8.12. The molecule has 0 amide bonds. The van der Waals surface area contributed by atoms with Gasteiger partial charge in [0, 0.05) is 4.88 Å². The van der Waals surface area contributed by atoms with Gasteiger partial charge in [0.05, 0.1) is 12.1 Å². The summed E-state index contributed by atoms with van der Waals surface area (Å²) in [4.78, 5) is 1.43. The zero-order valence-electron chi connectivity index (χ0n) is 15.2. The molecule has 0 radical (unpaired) electrons. The monoisotopic (exact) mass is 356 g/mol. The summed E-state index contributed by atoms with van der Waals surface area (Å²) in [5, 5.41) is 14.2. The Labute approximate surface area is 155 Å². The molecule has 3 rings (SSSR count). The first-order valence-corrected chi connectivity index (χ1v) is 10.4. The molecule has 134 valence electrons. The molecular weight excluding hydrogens is 328 g/mol. The van der Waals surface area contributed by atoms with Crippen molar-refractivity contribution in [2.24, 2.45) is 0 Å². The molecule has 0 saturated carbocycles. The third kappa shape index (κ3) is 4.89. The van der Waals surface area contributed by atoms with Crippen LogP contribution in [0.25, 0.3) is 0 Å². The zero-order chi connectivity index (χ0) is 17.5. The van der Waals surface area contributed by atoms with E-state index in [9.17, 15) is 5.26 Å². The minimum absolute atomic E-state index is 0.641. The molecule has 0 saturated heterocycles. The lowest BCUT2D eigenvalue weighted by atomic mass is 9.98. The highest BCUT2D eigenvalue weighted by molar-refractivity contribution is 7.16. The quantitative estimate of drug-likeness (QED) is 0.697. The van der Waals surface area contributed by atoms with Gasteiger partial charge < -0.3 is 9.73 Å². The van der Waals surface area contributed by atoms with Gasteiger partial charge in [-0.3, -0.25) is 0 Å². The van der Waals surface area contributed by atoms with Gasteiger partial charge in [0.1, 0.15) is 22.6 Å². The molecule has 0 unspecified atom stereocenters. The van der Waals surface area contributed by atoms with Crippen LogP contribution in [0.15, 0.2) is 16.5 Å². The molecule has 2 aromatic rings. The summed E-state index contributed by atoms with van der Waals surface area (Å²) < 4.78 is 5.64. The molecule has 25 heavy (non-hydrogen) atoms. The second-order valence-electron chi connectivity index (χ2n) is 7.01. The Morgan fingerprint density at radius 3 is 2.36 bits per heavy atom. The fourth-order valence-electron chi connectivity index (χ4n) is 3.62. The molecule has 3 nitrogen and oxygen atoms in total. The third-order valence-electron chi connectivity index (χ3n) is 5.00. The van der Waals surface area contributed by atoms with Crippen LogP contribution in [0.2, 0.25) is 0 Å². The van der Waals surface area contributed by atoms with Gasteiger partial charge in [-0.15, -0.1) is 11.3 Å². The molecule has 4 heteroatoms. The highest BCUT2D eigenvalue weighted by Crippen LogP contribution is 2.36. The average molecular weight is 357 g/mol. The largest absolute Gasteiger partial charge is 0.465 e. The molecule has 0 fully saturated rings. The van der Waals surface area contributed by atoms with Gasteiger partial charge in [0.25, 0.3) is 0 Å². The molecule has 0 spiro atoms. The van der Waals surface area contributed by atoms with Gasteiger partial charge >= 0.3 is 0 Å². The van der Waals surface area contributed by atoms with Crippen LogP contribution in [0, 0.1) is 18.3 Å². The number of hydrogen-bond donors (Lipinski definition) is 1. The summed E-state index contributed by atoms with van der Waals surface area (Å²) in [6, 6.07) is 6.46.